The summed E-state index contributed by atoms with van der Waals surface area (Å²) in [6.07, 6.45) is 0. The molecule has 0 spiro atoms. The van der Waals surface area contributed by atoms with Gasteiger partial charge in [0.25, 0.3) is 0 Å². The maximum atomic E-state index is 0. The fraction of sp³-hybridized carbons (Fsp3) is 0. The van der Waals surface area contributed by atoms with Gasteiger partial charge in [-0.1, -0.05) is 0 Å². The van der Waals surface area contributed by atoms with Crippen LogP contribution in [-0.4, -0.2) is 68.1 Å². The minimum atomic E-state index is 0. The molecular formula is H20Ge2O2Si2. The zero-order chi connectivity index (χ0) is 0. The minimum Gasteiger partial charge on any atom is -0.0149 e. The maximum Gasteiger partial charge on any atom is -0.0149 e. The Hall–Kier alpha value is 1.44. The van der Waals surface area contributed by atoms with Crippen LogP contribution in [0.5, 0.6) is 0 Å². The number of rotatable bonds is 0. The molecule has 0 aromatic rings. The van der Waals surface area contributed by atoms with E-state index < -0.39 is 0 Å². The van der Waals surface area contributed by atoms with Gasteiger partial charge in [0.2, 0.25) is 0 Å². The fourth-order valence-corrected chi connectivity index (χ4v) is 0. The van der Waals surface area contributed by atoms with E-state index in [-0.39, 0.29) is 68.1 Å². The van der Waals surface area contributed by atoms with Crippen LogP contribution < -0.4 is 0 Å². The Kier molecular flexibility index (Phi) is 2280. The second kappa shape index (κ2) is 92.0. The van der Waals surface area contributed by atoms with Gasteiger partial charge >= 0.3 is 35.2 Å². The van der Waals surface area contributed by atoms with E-state index in [1.165, 1.54) is 0 Å². The van der Waals surface area contributed by atoms with E-state index in [9.17, 15) is 0 Å². The van der Waals surface area contributed by atoms with E-state index in [1.807, 2.05) is 0 Å². The topological polar surface area (TPSA) is 63.0 Å². The first kappa shape index (κ1) is 149. The van der Waals surface area contributed by atoms with Crippen LogP contribution in [0.2, 0.25) is 0 Å². The van der Waals surface area contributed by atoms with Crippen LogP contribution in [0, 0.1) is 0 Å². The molecule has 0 radical (unpaired) electrons. The Balaban J connectivity index is 0. The first-order valence-electron chi connectivity index (χ1n) is 0. The van der Waals surface area contributed by atoms with Crippen molar-refractivity contribution in [3.8, 4) is 0 Å². The zero-order valence-corrected chi connectivity index (χ0v) is 1.00. The summed E-state index contributed by atoms with van der Waals surface area (Å²) in [4.78, 5) is 0. The third-order valence-electron chi connectivity index (χ3n) is 0. The molecular weight excluding hydrogens is 233 g/mol. The first-order valence-corrected chi connectivity index (χ1v) is 0. The first-order chi connectivity index (χ1) is 0. The van der Waals surface area contributed by atoms with Crippen LogP contribution in [0.15, 0.2) is 0 Å². The normalized spacial score (nSPS) is 0. The van der Waals surface area contributed by atoms with Gasteiger partial charge in [0, 0.05) is 0 Å². The van der Waals surface area contributed by atoms with Gasteiger partial charge in [-0.25, -0.2) is 0 Å². The Morgan fingerprint density at radius 2 is 0.500 bits per heavy atom. The molecule has 0 aromatic carbocycles. The molecule has 0 bridgehead atoms. The molecule has 0 saturated carbocycles. The monoisotopic (exact) mass is 256 g/mol. The second-order valence-corrected chi connectivity index (χ2v) is 0. The van der Waals surface area contributed by atoms with Gasteiger partial charge in [0.15, 0.2) is 0 Å². The molecule has 48 valence electrons. The van der Waals surface area contributed by atoms with E-state index in [0.717, 1.165) is 0 Å². The fourth-order valence-electron chi connectivity index (χ4n) is 0. The summed E-state index contributed by atoms with van der Waals surface area (Å²) in [7, 11) is 0. The molecule has 0 saturated heterocycles. The van der Waals surface area contributed by atoms with Crippen molar-refractivity contribution in [1.29, 1.82) is 0 Å². The smallest absolute Gasteiger partial charge is 0.0149 e. The van der Waals surface area contributed by atoms with Gasteiger partial charge in [0.1, 0.15) is 0 Å². The average molecular weight is 254 g/mol. The third-order valence-corrected chi connectivity index (χ3v) is 0. The number of hydrogen-bond acceptors (Lipinski definition) is 0. The molecule has 0 fully saturated rings. The summed E-state index contributed by atoms with van der Waals surface area (Å²) >= 11 is 0. The van der Waals surface area contributed by atoms with Crippen LogP contribution in [-0.2, 0) is 0 Å². The van der Waals surface area contributed by atoms with Crippen LogP contribution in [0.25, 0.3) is 0 Å². The molecule has 0 aromatic heterocycles. The summed E-state index contributed by atoms with van der Waals surface area (Å²) in [5.41, 5.74) is 0. The van der Waals surface area contributed by atoms with E-state index in [2.05, 4.69) is 0 Å². The SMILES string of the molecule is O.O.[GeH4].[GeH4].[SiH4].[SiH4]. The molecule has 0 aliphatic rings. The molecule has 0 heterocycles. The predicted octanol–water partition coefficient (Wildman–Crippen LogP) is -7.46. The molecule has 0 unspecified atom stereocenters. The van der Waals surface area contributed by atoms with Crippen molar-refractivity contribution >= 4 is 57.1 Å². The van der Waals surface area contributed by atoms with Crippen molar-refractivity contribution in [2.45, 2.75) is 0 Å². The summed E-state index contributed by atoms with van der Waals surface area (Å²) in [6, 6.07) is 0. The van der Waals surface area contributed by atoms with Crippen LogP contribution in [0.3, 0.4) is 0 Å². The molecule has 0 aliphatic heterocycles. The van der Waals surface area contributed by atoms with Gasteiger partial charge in [-0.3, -0.25) is 0 Å². The van der Waals surface area contributed by atoms with Crippen molar-refractivity contribution in [2.75, 3.05) is 0 Å². The largest absolute Gasteiger partial charge is 0.0149 e. The van der Waals surface area contributed by atoms with Gasteiger partial charge in [-0.2, -0.15) is 0 Å². The molecule has 0 amide bonds. The Morgan fingerprint density at radius 1 is 0.500 bits per heavy atom. The molecule has 6 heteroatoms. The van der Waals surface area contributed by atoms with Gasteiger partial charge in [-0.15, -0.1) is 0 Å². The average Bonchev–Trinajstić information content (AvgIpc) is 0. The molecule has 0 aliphatic carbocycles. The Morgan fingerprint density at radius 3 is 0.500 bits per heavy atom. The van der Waals surface area contributed by atoms with Gasteiger partial charge < -0.3 is 11.0 Å². The van der Waals surface area contributed by atoms with E-state index in [1.54, 1.807) is 0 Å². The summed E-state index contributed by atoms with van der Waals surface area (Å²) < 4.78 is 0. The van der Waals surface area contributed by atoms with Crippen LogP contribution in [0.1, 0.15) is 0 Å². The van der Waals surface area contributed by atoms with E-state index >= 15 is 0 Å². The molecule has 0 atom stereocenters. The predicted molar refractivity (Wildman–Crippen MR) is 52.6 cm³/mol. The molecule has 0 rings (SSSR count). The zero-order valence-electron chi connectivity index (χ0n) is 1.00. The molecule has 2 nitrogen and oxygen atoms in total. The molecule has 4 N–H and O–H groups in total. The van der Waals surface area contributed by atoms with E-state index in [0.29, 0.717) is 0 Å². The molecule has 6 heavy (non-hydrogen) atoms. The van der Waals surface area contributed by atoms with Gasteiger partial charge in [-0.05, 0) is 21.9 Å². The van der Waals surface area contributed by atoms with Crippen molar-refractivity contribution in [3.63, 3.8) is 0 Å². The number of hydrogen-bond donors (Lipinski definition) is 0. The van der Waals surface area contributed by atoms with Crippen molar-refractivity contribution in [1.82, 2.24) is 0 Å². The summed E-state index contributed by atoms with van der Waals surface area (Å²) in [5.74, 6) is 0. The summed E-state index contributed by atoms with van der Waals surface area (Å²) in [5, 5.41) is 0. The van der Waals surface area contributed by atoms with Crippen molar-refractivity contribution in [2.24, 2.45) is 0 Å². The van der Waals surface area contributed by atoms with Crippen LogP contribution >= 0.6 is 0 Å². The van der Waals surface area contributed by atoms with E-state index in [4.69, 9.17) is 0 Å². The maximum absolute atomic E-state index is 0. The third kappa shape index (κ3) is 51.7. The van der Waals surface area contributed by atoms with Crippen molar-refractivity contribution in [3.05, 3.63) is 0 Å². The Labute approximate surface area is 68.1 Å². The van der Waals surface area contributed by atoms with Crippen LogP contribution in [0.4, 0.5) is 0 Å². The summed E-state index contributed by atoms with van der Waals surface area (Å²) in [6.45, 7) is 0. The van der Waals surface area contributed by atoms with Gasteiger partial charge in [0.05, 0.1) is 0 Å². The van der Waals surface area contributed by atoms with Crippen molar-refractivity contribution < 1.29 is 11.0 Å². The Bertz CT molecular complexity index is 9.51. The second-order valence-electron chi connectivity index (χ2n) is 0. The quantitative estimate of drug-likeness (QED) is 0.385. The standard InChI is InChI=1S/2GeH4.2H2O.2H4Si/h2*1H4;2*1H2;2*1H4. The minimum absolute atomic E-state index is 0.